The Labute approximate surface area is 127 Å². The van der Waals surface area contributed by atoms with E-state index in [1.54, 1.807) is 0 Å². The number of aryl methyl sites for hydroxylation is 2. The topological polar surface area (TPSA) is 32.3 Å². The molecular formula is C18H26N2O. The van der Waals surface area contributed by atoms with Crippen molar-refractivity contribution in [2.24, 2.45) is 5.92 Å². The van der Waals surface area contributed by atoms with Gasteiger partial charge in [-0.05, 0) is 57.1 Å². The van der Waals surface area contributed by atoms with Gasteiger partial charge in [0, 0.05) is 6.54 Å². The molecule has 2 aliphatic rings. The summed E-state index contributed by atoms with van der Waals surface area (Å²) in [7, 11) is 0. The second kappa shape index (κ2) is 5.13. The van der Waals surface area contributed by atoms with E-state index in [0.29, 0.717) is 5.92 Å². The average Bonchev–Trinajstić information content (AvgIpc) is 3.22. The minimum atomic E-state index is -0.420. The van der Waals surface area contributed by atoms with E-state index in [4.69, 9.17) is 0 Å². The Morgan fingerprint density at radius 1 is 1.33 bits per heavy atom. The largest absolute Gasteiger partial charge is 0.321 e. The molecule has 0 radical (unpaired) electrons. The zero-order valence-electron chi connectivity index (χ0n) is 13.6. The average molecular weight is 286 g/mol. The summed E-state index contributed by atoms with van der Waals surface area (Å²) in [6.45, 7) is 9.29. The van der Waals surface area contributed by atoms with E-state index in [1.165, 1.54) is 29.5 Å². The number of hydrogen-bond donors (Lipinski definition) is 1. The van der Waals surface area contributed by atoms with Crippen LogP contribution in [0.5, 0.6) is 0 Å². The van der Waals surface area contributed by atoms with Gasteiger partial charge in [-0.15, -0.1) is 0 Å². The number of carbonyl (C=O) groups excluding carboxylic acids is 1. The van der Waals surface area contributed by atoms with E-state index < -0.39 is 5.54 Å². The number of rotatable bonds is 4. The molecule has 1 amide bonds. The summed E-state index contributed by atoms with van der Waals surface area (Å²) in [5.74, 6) is 0.977. The molecule has 1 aliphatic heterocycles. The van der Waals surface area contributed by atoms with Crippen LogP contribution in [0.1, 0.15) is 56.0 Å². The first-order chi connectivity index (χ1) is 9.94. The van der Waals surface area contributed by atoms with E-state index >= 15 is 0 Å². The van der Waals surface area contributed by atoms with Crippen LogP contribution in [0.25, 0.3) is 0 Å². The van der Waals surface area contributed by atoms with E-state index in [0.717, 1.165) is 13.0 Å². The summed E-state index contributed by atoms with van der Waals surface area (Å²) < 4.78 is 0. The number of carbonyl (C=O) groups is 1. The predicted octanol–water partition coefficient (Wildman–Crippen LogP) is 3.31. The molecule has 2 unspecified atom stereocenters. The highest BCUT2D eigenvalue weighted by atomic mass is 16.2. The first-order valence-corrected chi connectivity index (χ1v) is 8.10. The molecule has 3 rings (SSSR count). The molecule has 1 aromatic carbocycles. The molecule has 1 N–H and O–H groups in total. The Bertz CT molecular complexity index is 564. The molecule has 3 nitrogen and oxygen atoms in total. The van der Waals surface area contributed by atoms with Crippen molar-refractivity contribution < 1.29 is 4.79 Å². The third kappa shape index (κ3) is 2.59. The third-order valence-electron chi connectivity index (χ3n) is 5.08. The molecule has 0 bridgehead atoms. The SMILES string of the molecule is CCC1(C)NC(c2ccc(C)cc2C)N(CC2CC2)C1=O. The highest BCUT2D eigenvalue weighted by Gasteiger charge is 2.48. The van der Waals surface area contributed by atoms with Crippen LogP contribution in [0.4, 0.5) is 0 Å². The monoisotopic (exact) mass is 286 g/mol. The third-order valence-corrected chi connectivity index (χ3v) is 5.08. The fourth-order valence-electron chi connectivity index (χ4n) is 3.27. The minimum absolute atomic E-state index is 0.0312. The van der Waals surface area contributed by atoms with Gasteiger partial charge in [0.25, 0.3) is 0 Å². The Kier molecular flexibility index (Phi) is 3.56. The Morgan fingerprint density at radius 2 is 2.05 bits per heavy atom. The van der Waals surface area contributed by atoms with Crippen LogP contribution in [-0.4, -0.2) is 22.9 Å². The summed E-state index contributed by atoms with van der Waals surface area (Å²) >= 11 is 0. The van der Waals surface area contributed by atoms with Crippen LogP contribution in [0.2, 0.25) is 0 Å². The van der Waals surface area contributed by atoms with Crippen LogP contribution in [0.3, 0.4) is 0 Å². The molecule has 1 saturated carbocycles. The highest BCUT2D eigenvalue weighted by molar-refractivity contribution is 5.88. The van der Waals surface area contributed by atoms with Gasteiger partial charge in [-0.25, -0.2) is 0 Å². The molecule has 1 saturated heterocycles. The smallest absolute Gasteiger partial charge is 0.244 e. The molecule has 0 spiro atoms. The molecule has 114 valence electrons. The number of benzene rings is 1. The molecule has 1 aliphatic carbocycles. The molecular weight excluding hydrogens is 260 g/mol. The predicted molar refractivity (Wildman–Crippen MR) is 84.9 cm³/mol. The van der Waals surface area contributed by atoms with Crippen LogP contribution in [-0.2, 0) is 4.79 Å². The second-order valence-corrected chi connectivity index (χ2v) is 6.99. The van der Waals surface area contributed by atoms with Crippen LogP contribution < -0.4 is 5.32 Å². The molecule has 1 aromatic rings. The number of hydrogen-bond acceptors (Lipinski definition) is 2. The van der Waals surface area contributed by atoms with E-state index in [2.05, 4.69) is 49.2 Å². The molecule has 1 heterocycles. The summed E-state index contributed by atoms with van der Waals surface area (Å²) in [5, 5.41) is 3.60. The van der Waals surface area contributed by atoms with Gasteiger partial charge in [0.1, 0.15) is 6.17 Å². The molecule has 2 fully saturated rings. The van der Waals surface area contributed by atoms with Gasteiger partial charge in [-0.1, -0.05) is 30.7 Å². The van der Waals surface area contributed by atoms with Crippen LogP contribution >= 0.6 is 0 Å². The van der Waals surface area contributed by atoms with Crippen molar-refractivity contribution in [3.63, 3.8) is 0 Å². The van der Waals surface area contributed by atoms with Gasteiger partial charge in [0.2, 0.25) is 5.91 Å². The van der Waals surface area contributed by atoms with Gasteiger partial charge in [-0.3, -0.25) is 10.1 Å². The standard InChI is InChI=1S/C18H26N2O/c1-5-18(4)17(21)20(11-14-7-8-14)16(19-18)15-9-6-12(2)10-13(15)3/h6,9-10,14,16,19H,5,7-8,11H2,1-4H3. The lowest BCUT2D eigenvalue weighted by molar-refractivity contribution is -0.133. The lowest BCUT2D eigenvalue weighted by Gasteiger charge is -2.26. The minimum Gasteiger partial charge on any atom is -0.321 e. The Hall–Kier alpha value is -1.35. The van der Waals surface area contributed by atoms with E-state index in [1.807, 2.05) is 6.92 Å². The lowest BCUT2D eigenvalue weighted by Crippen LogP contribution is -2.43. The highest BCUT2D eigenvalue weighted by Crippen LogP contribution is 2.38. The number of nitrogens with one attached hydrogen (secondary N) is 1. The quantitative estimate of drug-likeness (QED) is 0.921. The van der Waals surface area contributed by atoms with E-state index in [-0.39, 0.29) is 12.1 Å². The van der Waals surface area contributed by atoms with Crippen molar-refractivity contribution in [1.29, 1.82) is 0 Å². The first-order valence-electron chi connectivity index (χ1n) is 8.10. The molecule has 2 atom stereocenters. The van der Waals surface area contributed by atoms with Crippen LogP contribution in [0, 0.1) is 19.8 Å². The van der Waals surface area contributed by atoms with Gasteiger partial charge < -0.3 is 4.90 Å². The molecule has 21 heavy (non-hydrogen) atoms. The van der Waals surface area contributed by atoms with Crippen molar-refractivity contribution in [1.82, 2.24) is 10.2 Å². The summed E-state index contributed by atoms with van der Waals surface area (Å²) in [6, 6.07) is 6.53. The summed E-state index contributed by atoms with van der Waals surface area (Å²) in [4.78, 5) is 14.9. The maximum absolute atomic E-state index is 12.8. The van der Waals surface area contributed by atoms with Gasteiger partial charge in [-0.2, -0.15) is 0 Å². The Balaban J connectivity index is 1.95. The fourth-order valence-corrected chi connectivity index (χ4v) is 3.27. The maximum Gasteiger partial charge on any atom is 0.244 e. The summed E-state index contributed by atoms with van der Waals surface area (Å²) in [6.07, 6.45) is 3.40. The van der Waals surface area contributed by atoms with Crippen LogP contribution in [0.15, 0.2) is 18.2 Å². The van der Waals surface area contributed by atoms with Crippen molar-refractivity contribution in [3.05, 3.63) is 34.9 Å². The number of nitrogens with zero attached hydrogens (tertiary/aromatic N) is 1. The fraction of sp³-hybridized carbons (Fsp3) is 0.611. The zero-order chi connectivity index (χ0) is 15.2. The van der Waals surface area contributed by atoms with E-state index in [9.17, 15) is 4.79 Å². The van der Waals surface area contributed by atoms with Gasteiger partial charge >= 0.3 is 0 Å². The number of amides is 1. The second-order valence-electron chi connectivity index (χ2n) is 6.99. The molecule has 3 heteroatoms. The Morgan fingerprint density at radius 3 is 2.62 bits per heavy atom. The van der Waals surface area contributed by atoms with Crippen molar-refractivity contribution in [3.8, 4) is 0 Å². The van der Waals surface area contributed by atoms with Crippen molar-refractivity contribution in [2.75, 3.05) is 6.54 Å². The normalized spacial score (nSPS) is 29.2. The maximum atomic E-state index is 12.8. The summed E-state index contributed by atoms with van der Waals surface area (Å²) in [5.41, 5.74) is 3.36. The first kappa shape index (κ1) is 14.6. The molecule has 0 aromatic heterocycles. The van der Waals surface area contributed by atoms with Crippen molar-refractivity contribution >= 4 is 5.91 Å². The lowest BCUT2D eigenvalue weighted by atomic mass is 9.99. The van der Waals surface area contributed by atoms with Crippen molar-refractivity contribution in [2.45, 2.75) is 58.7 Å². The van der Waals surface area contributed by atoms with Gasteiger partial charge in [0.15, 0.2) is 0 Å². The van der Waals surface area contributed by atoms with Gasteiger partial charge in [0.05, 0.1) is 5.54 Å². The zero-order valence-corrected chi connectivity index (χ0v) is 13.6.